The molecule has 0 bridgehead atoms. The van der Waals surface area contributed by atoms with E-state index in [1.54, 1.807) is 17.4 Å². The molecule has 2 heterocycles. The first kappa shape index (κ1) is 14.4. The fraction of sp³-hybridized carbons (Fsp3) is 0.333. The molecule has 1 aliphatic rings. The van der Waals surface area contributed by atoms with Crippen LogP contribution >= 0.6 is 34.7 Å². The molecule has 0 saturated heterocycles. The summed E-state index contributed by atoms with van der Waals surface area (Å²) in [6, 6.07) is 6.99. The monoisotopic (exact) mass is 327 g/mol. The van der Waals surface area contributed by atoms with Crippen molar-refractivity contribution in [2.24, 2.45) is 5.73 Å². The van der Waals surface area contributed by atoms with Crippen LogP contribution in [0.2, 0.25) is 5.02 Å². The third kappa shape index (κ3) is 2.89. The highest BCUT2D eigenvalue weighted by Crippen LogP contribution is 2.35. The summed E-state index contributed by atoms with van der Waals surface area (Å²) in [5.41, 5.74) is 8.48. The molecule has 0 aliphatic carbocycles. The van der Waals surface area contributed by atoms with E-state index in [2.05, 4.69) is 6.07 Å². The van der Waals surface area contributed by atoms with Gasteiger partial charge >= 0.3 is 0 Å². The van der Waals surface area contributed by atoms with Crippen LogP contribution < -0.4 is 5.73 Å². The number of thioether (sulfide) groups is 1. The first-order valence-corrected chi connectivity index (χ1v) is 8.88. The minimum Gasteiger partial charge on any atom is -0.323 e. The largest absolute Gasteiger partial charge is 0.323 e. The molecular formula is C15H15ClFNS2. The van der Waals surface area contributed by atoms with Gasteiger partial charge in [-0.15, -0.1) is 11.3 Å². The van der Waals surface area contributed by atoms with Gasteiger partial charge in [0.2, 0.25) is 0 Å². The average molecular weight is 328 g/mol. The SMILES string of the molecule is NC(Cc1cccc(F)c1Cl)c1cc2c(s1)CCSC2. The number of rotatable bonds is 3. The summed E-state index contributed by atoms with van der Waals surface area (Å²) in [6.07, 6.45) is 1.71. The van der Waals surface area contributed by atoms with Crippen molar-refractivity contribution in [1.29, 1.82) is 0 Å². The summed E-state index contributed by atoms with van der Waals surface area (Å²) in [5, 5.41) is 0.194. The molecular weight excluding hydrogens is 313 g/mol. The molecule has 5 heteroatoms. The predicted octanol–water partition coefficient (Wildman–Crippen LogP) is 4.57. The Morgan fingerprint density at radius 3 is 3.05 bits per heavy atom. The lowest BCUT2D eigenvalue weighted by atomic mass is 10.0. The first-order chi connectivity index (χ1) is 9.65. The number of thiophene rings is 1. The highest BCUT2D eigenvalue weighted by atomic mass is 35.5. The summed E-state index contributed by atoms with van der Waals surface area (Å²) >= 11 is 9.76. The lowest BCUT2D eigenvalue weighted by Crippen LogP contribution is -2.12. The molecule has 1 unspecified atom stereocenters. The molecule has 1 nitrogen and oxygen atoms in total. The van der Waals surface area contributed by atoms with Crippen molar-refractivity contribution in [3.8, 4) is 0 Å². The van der Waals surface area contributed by atoms with Crippen molar-refractivity contribution in [2.45, 2.75) is 24.6 Å². The average Bonchev–Trinajstić information content (AvgIpc) is 2.88. The second-order valence-corrected chi connectivity index (χ2v) is 7.57. The van der Waals surface area contributed by atoms with Gasteiger partial charge in [-0.2, -0.15) is 11.8 Å². The fourth-order valence-corrected chi connectivity index (χ4v) is 4.98. The third-order valence-electron chi connectivity index (χ3n) is 3.48. The van der Waals surface area contributed by atoms with E-state index in [-0.39, 0.29) is 16.9 Å². The number of hydrogen-bond acceptors (Lipinski definition) is 3. The van der Waals surface area contributed by atoms with E-state index in [4.69, 9.17) is 17.3 Å². The Kier molecular flexibility index (Phi) is 4.36. The van der Waals surface area contributed by atoms with E-state index in [1.807, 2.05) is 17.8 Å². The van der Waals surface area contributed by atoms with Crippen LogP contribution in [0.15, 0.2) is 24.3 Å². The Balaban J connectivity index is 1.80. The van der Waals surface area contributed by atoms with Gasteiger partial charge in [0.05, 0.1) is 5.02 Å². The minimum atomic E-state index is -0.377. The molecule has 0 amide bonds. The zero-order valence-corrected chi connectivity index (χ0v) is 13.3. The minimum absolute atomic E-state index is 0.116. The van der Waals surface area contributed by atoms with Crippen molar-refractivity contribution < 1.29 is 4.39 Å². The number of nitrogens with two attached hydrogens (primary N) is 1. The molecule has 0 saturated carbocycles. The van der Waals surface area contributed by atoms with Crippen molar-refractivity contribution in [1.82, 2.24) is 0 Å². The van der Waals surface area contributed by atoms with E-state index in [0.717, 1.165) is 17.7 Å². The van der Waals surface area contributed by atoms with Crippen LogP contribution in [0.3, 0.4) is 0 Å². The van der Waals surface area contributed by atoms with Crippen LogP contribution in [0.25, 0.3) is 0 Å². The quantitative estimate of drug-likeness (QED) is 0.893. The normalized spacial score (nSPS) is 15.9. The standard InChI is InChI=1S/C15H15ClFNS2/c16-15-9(2-1-3-11(15)17)6-12(18)14-7-10-8-19-5-4-13(10)20-14/h1-3,7,12H,4-6,8,18H2. The van der Waals surface area contributed by atoms with Gasteiger partial charge in [-0.05, 0) is 41.9 Å². The number of benzene rings is 1. The summed E-state index contributed by atoms with van der Waals surface area (Å²) < 4.78 is 13.4. The van der Waals surface area contributed by atoms with Crippen LogP contribution in [-0.4, -0.2) is 5.75 Å². The molecule has 1 aromatic heterocycles. The molecule has 0 radical (unpaired) electrons. The zero-order chi connectivity index (χ0) is 14.1. The maximum Gasteiger partial charge on any atom is 0.142 e. The third-order valence-corrected chi connectivity index (χ3v) is 6.28. The molecule has 0 fully saturated rings. The molecule has 2 aromatic rings. The molecule has 1 aromatic carbocycles. The fourth-order valence-electron chi connectivity index (χ4n) is 2.40. The maximum atomic E-state index is 13.4. The van der Waals surface area contributed by atoms with Crippen LogP contribution in [-0.2, 0) is 18.6 Å². The van der Waals surface area contributed by atoms with Crippen LogP contribution in [0.1, 0.15) is 26.9 Å². The molecule has 106 valence electrons. The Labute approximate surface area is 131 Å². The molecule has 1 aliphatic heterocycles. The Bertz CT molecular complexity index is 603. The van der Waals surface area contributed by atoms with E-state index in [1.165, 1.54) is 27.1 Å². The Morgan fingerprint density at radius 1 is 1.40 bits per heavy atom. The van der Waals surface area contributed by atoms with Gasteiger partial charge in [0, 0.05) is 21.5 Å². The van der Waals surface area contributed by atoms with Crippen molar-refractivity contribution >= 4 is 34.7 Å². The highest BCUT2D eigenvalue weighted by molar-refractivity contribution is 7.98. The van der Waals surface area contributed by atoms with Gasteiger partial charge in [0.15, 0.2) is 0 Å². The molecule has 2 N–H and O–H groups in total. The van der Waals surface area contributed by atoms with E-state index >= 15 is 0 Å². The van der Waals surface area contributed by atoms with Crippen LogP contribution in [0.5, 0.6) is 0 Å². The van der Waals surface area contributed by atoms with Gasteiger partial charge in [-0.3, -0.25) is 0 Å². The maximum absolute atomic E-state index is 13.4. The van der Waals surface area contributed by atoms with E-state index in [0.29, 0.717) is 6.42 Å². The Hall–Kier alpha value is -0.550. The summed E-state index contributed by atoms with van der Waals surface area (Å²) in [6.45, 7) is 0. The van der Waals surface area contributed by atoms with E-state index in [9.17, 15) is 4.39 Å². The lowest BCUT2D eigenvalue weighted by molar-refractivity contribution is 0.623. The summed E-state index contributed by atoms with van der Waals surface area (Å²) in [5.74, 6) is 1.90. The first-order valence-electron chi connectivity index (χ1n) is 6.53. The van der Waals surface area contributed by atoms with Gasteiger partial charge < -0.3 is 5.73 Å². The zero-order valence-electron chi connectivity index (χ0n) is 10.9. The van der Waals surface area contributed by atoms with Gasteiger partial charge in [-0.25, -0.2) is 4.39 Å². The van der Waals surface area contributed by atoms with Crippen LogP contribution in [0, 0.1) is 5.82 Å². The summed E-state index contributed by atoms with van der Waals surface area (Å²) in [4.78, 5) is 2.64. The number of hydrogen-bond donors (Lipinski definition) is 1. The lowest BCUT2D eigenvalue weighted by Gasteiger charge is -2.11. The molecule has 0 spiro atoms. The van der Waals surface area contributed by atoms with Crippen molar-refractivity contribution in [3.05, 3.63) is 56.0 Å². The number of fused-ring (bicyclic) bond motifs is 1. The summed E-state index contributed by atoms with van der Waals surface area (Å²) in [7, 11) is 0. The van der Waals surface area contributed by atoms with Crippen LogP contribution in [0.4, 0.5) is 4.39 Å². The number of halogens is 2. The predicted molar refractivity (Wildman–Crippen MR) is 86.2 cm³/mol. The highest BCUT2D eigenvalue weighted by Gasteiger charge is 2.18. The second-order valence-electron chi connectivity index (χ2n) is 4.92. The second kappa shape index (κ2) is 6.06. The van der Waals surface area contributed by atoms with Gasteiger partial charge in [0.1, 0.15) is 5.82 Å². The van der Waals surface area contributed by atoms with Gasteiger partial charge in [-0.1, -0.05) is 23.7 Å². The molecule has 20 heavy (non-hydrogen) atoms. The number of aryl methyl sites for hydroxylation is 1. The smallest absolute Gasteiger partial charge is 0.142 e. The molecule has 3 rings (SSSR count). The van der Waals surface area contributed by atoms with E-state index < -0.39 is 0 Å². The van der Waals surface area contributed by atoms with Crippen molar-refractivity contribution in [3.63, 3.8) is 0 Å². The molecule has 1 atom stereocenters. The Morgan fingerprint density at radius 2 is 2.25 bits per heavy atom. The van der Waals surface area contributed by atoms with Gasteiger partial charge in [0.25, 0.3) is 0 Å². The van der Waals surface area contributed by atoms with Crippen molar-refractivity contribution in [2.75, 3.05) is 5.75 Å². The topological polar surface area (TPSA) is 26.0 Å².